The molecule has 0 aromatic heterocycles. The van der Waals surface area contributed by atoms with Crippen molar-refractivity contribution < 1.29 is 5.11 Å². The van der Waals surface area contributed by atoms with Gasteiger partial charge in [-0.05, 0) is 44.0 Å². The highest BCUT2D eigenvalue weighted by Gasteiger charge is 2.25. The van der Waals surface area contributed by atoms with Gasteiger partial charge in [-0.15, -0.1) is 0 Å². The average molecular weight is 240 g/mol. The van der Waals surface area contributed by atoms with E-state index in [0.29, 0.717) is 10.8 Å². The zero-order valence-electron chi connectivity index (χ0n) is 9.78. The third kappa shape index (κ3) is 2.33. The Morgan fingerprint density at radius 1 is 1.50 bits per heavy atom. The minimum Gasteiger partial charge on any atom is -0.508 e. The molecule has 1 aromatic carbocycles. The first kappa shape index (κ1) is 11.7. The Labute approximate surface area is 102 Å². The fourth-order valence-corrected chi connectivity index (χ4v) is 2.56. The molecule has 1 aromatic rings. The molecule has 16 heavy (non-hydrogen) atoms. The van der Waals surface area contributed by atoms with Gasteiger partial charge < -0.3 is 5.11 Å². The summed E-state index contributed by atoms with van der Waals surface area (Å²) in [4.78, 5) is 2.40. The SMILES string of the molecule is CC1CCN(C(C)c2cc(Cl)ccc2O)C1. The Morgan fingerprint density at radius 3 is 2.88 bits per heavy atom. The molecular weight excluding hydrogens is 222 g/mol. The molecule has 2 rings (SSSR count). The molecule has 0 amide bonds. The van der Waals surface area contributed by atoms with Crippen LogP contribution in [0.5, 0.6) is 5.75 Å². The third-order valence-corrected chi connectivity index (χ3v) is 3.68. The van der Waals surface area contributed by atoms with E-state index >= 15 is 0 Å². The van der Waals surface area contributed by atoms with E-state index in [0.717, 1.165) is 24.6 Å². The predicted octanol–water partition coefficient (Wildman–Crippen LogP) is 3.45. The summed E-state index contributed by atoms with van der Waals surface area (Å²) < 4.78 is 0. The number of rotatable bonds is 2. The first-order chi connectivity index (χ1) is 7.58. The molecule has 2 unspecified atom stereocenters. The summed E-state index contributed by atoms with van der Waals surface area (Å²) in [6, 6.07) is 5.50. The number of halogens is 1. The molecular formula is C13H18ClNO. The van der Waals surface area contributed by atoms with E-state index in [1.165, 1.54) is 6.42 Å². The highest BCUT2D eigenvalue weighted by Crippen LogP contribution is 2.33. The van der Waals surface area contributed by atoms with Crippen LogP contribution < -0.4 is 0 Å². The topological polar surface area (TPSA) is 23.5 Å². The van der Waals surface area contributed by atoms with Crippen molar-refractivity contribution in [1.29, 1.82) is 0 Å². The number of aromatic hydroxyl groups is 1. The van der Waals surface area contributed by atoms with Gasteiger partial charge in [0.2, 0.25) is 0 Å². The first-order valence-corrected chi connectivity index (χ1v) is 6.18. The van der Waals surface area contributed by atoms with Crippen LogP contribution in [-0.2, 0) is 0 Å². The van der Waals surface area contributed by atoms with Crippen molar-refractivity contribution >= 4 is 11.6 Å². The minimum atomic E-state index is 0.239. The highest BCUT2D eigenvalue weighted by atomic mass is 35.5. The largest absolute Gasteiger partial charge is 0.508 e. The molecule has 88 valence electrons. The van der Waals surface area contributed by atoms with Gasteiger partial charge in [0.25, 0.3) is 0 Å². The van der Waals surface area contributed by atoms with E-state index in [1.807, 2.05) is 6.07 Å². The molecule has 1 heterocycles. The van der Waals surface area contributed by atoms with Gasteiger partial charge in [0, 0.05) is 23.2 Å². The van der Waals surface area contributed by atoms with Gasteiger partial charge in [-0.1, -0.05) is 18.5 Å². The van der Waals surface area contributed by atoms with Crippen LogP contribution in [-0.4, -0.2) is 23.1 Å². The fraction of sp³-hybridized carbons (Fsp3) is 0.538. The van der Waals surface area contributed by atoms with E-state index in [2.05, 4.69) is 18.7 Å². The molecule has 1 fully saturated rings. The maximum Gasteiger partial charge on any atom is 0.120 e. The quantitative estimate of drug-likeness (QED) is 0.855. The van der Waals surface area contributed by atoms with Crippen molar-refractivity contribution in [2.75, 3.05) is 13.1 Å². The minimum absolute atomic E-state index is 0.239. The van der Waals surface area contributed by atoms with Crippen LogP contribution in [0.2, 0.25) is 5.02 Å². The van der Waals surface area contributed by atoms with E-state index in [9.17, 15) is 5.11 Å². The number of nitrogens with zero attached hydrogens (tertiary/aromatic N) is 1. The molecule has 0 radical (unpaired) electrons. The molecule has 1 saturated heterocycles. The first-order valence-electron chi connectivity index (χ1n) is 5.80. The van der Waals surface area contributed by atoms with E-state index in [4.69, 9.17) is 11.6 Å². The second kappa shape index (κ2) is 4.64. The maximum atomic E-state index is 9.85. The number of likely N-dealkylation sites (tertiary alicyclic amines) is 1. The number of phenols is 1. The van der Waals surface area contributed by atoms with E-state index < -0.39 is 0 Å². The summed E-state index contributed by atoms with van der Waals surface area (Å²) >= 11 is 5.97. The summed E-state index contributed by atoms with van der Waals surface area (Å²) in [5, 5.41) is 10.5. The molecule has 0 aliphatic carbocycles. The number of hydrogen-bond donors (Lipinski definition) is 1. The van der Waals surface area contributed by atoms with Crippen LogP contribution >= 0.6 is 11.6 Å². The summed E-state index contributed by atoms with van der Waals surface area (Å²) in [5.41, 5.74) is 0.932. The van der Waals surface area contributed by atoms with Crippen LogP contribution in [0, 0.1) is 5.92 Å². The average Bonchev–Trinajstić information content (AvgIpc) is 2.67. The summed E-state index contributed by atoms with van der Waals surface area (Å²) in [7, 11) is 0. The predicted molar refractivity (Wildman–Crippen MR) is 66.9 cm³/mol. The van der Waals surface area contributed by atoms with Gasteiger partial charge >= 0.3 is 0 Å². The van der Waals surface area contributed by atoms with Gasteiger partial charge in [0.05, 0.1) is 0 Å². The van der Waals surface area contributed by atoms with Crippen LogP contribution in [0.4, 0.5) is 0 Å². The highest BCUT2D eigenvalue weighted by molar-refractivity contribution is 6.30. The normalized spacial score (nSPS) is 23.6. The van der Waals surface area contributed by atoms with Crippen molar-refractivity contribution in [3.05, 3.63) is 28.8 Å². The zero-order valence-corrected chi connectivity index (χ0v) is 10.5. The Morgan fingerprint density at radius 2 is 2.25 bits per heavy atom. The Kier molecular flexibility index (Phi) is 3.41. The van der Waals surface area contributed by atoms with Crippen molar-refractivity contribution in [3.63, 3.8) is 0 Å². The fourth-order valence-electron chi connectivity index (χ4n) is 2.38. The lowest BCUT2D eigenvalue weighted by Crippen LogP contribution is -2.24. The molecule has 0 spiro atoms. The number of benzene rings is 1. The summed E-state index contributed by atoms with van der Waals surface area (Å²) in [5.74, 6) is 1.10. The number of phenolic OH excluding ortho intramolecular Hbond substituents is 1. The maximum absolute atomic E-state index is 9.85. The van der Waals surface area contributed by atoms with Gasteiger partial charge in [-0.3, -0.25) is 4.90 Å². The van der Waals surface area contributed by atoms with Gasteiger partial charge in [0.1, 0.15) is 5.75 Å². The Hall–Kier alpha value is -0.730. The van der Waals surface area contributed by atoms with Crippen molar-refractivity contribution in [2.45, 2.75) is 26.3 Å². The lowest BCUT2D eigenvalue weighted by Gasteiger charge is -2.25. The second-order valence-corrected chi connectivity index (χ2v) is 5.20. The van der Waals surface area contributed by atoms with Crippen LogP contribution in [0.25, 0.3) is 0 Å². The molecule has 2 atom stereocenters. The van der Waals surface area contributed by atoms with Gasteiger partial charge in [-0.2, -0.15) is 0 Å². The molecule has 1 N–H and O–H groups in total. The van der Waals surface area contributed by atoms with E-state index in [1.54, 1.807) is 12.1 Å². The monoisotopic (exact) mass is 239 g/mol. The van der Waals surface area contributed by atoms with Crippen molar-refractivity contribution in [1.82, 2.24) is 4.90 Å². The van der Waals surface area contributed by atoms with Crippen LogP contribution in [0.3, 0.4) is 0 Å². The molecule has 1 aliphatic heterocycles. The Bertz CT molecular complexity index is 380. The molecule has 3 heteroatoms. The van der Waals surface area contributed by atoms with Crippen molar-refractivity contribution in [2.24, 2.45) is 5.92 Å². The molecule has 2 nitrogen and oxygen atoms in total. The smallest absolute Gasteiger partial charge is 0.120 e. The lowest BCUT2D eigenvalue weighted by atomic mass is 10.1. The number of hydrogen-bond acceptors (Lipinski definition) is 2. The molecule has 0 saturated carbocycles. The lowest BCUT2D eigenvalue weighted by molar-refractivity contribution is 0.250. The van der Waals surface area contributed by atoms with Crippen LogP contribution in [0.15, 0.2) is 18.2 Å². The van der Waals surface area contributed by atoms with Crippen LogP contribution in [0.1, 0.15) is 31.9 Å². The zero-order chi connectivity index (χ0) is 11.7. The van der Waals surface area contributed by atoms with E-state index in [-0.39, 0.29) is 6.04 Å². The summed E-state index contributed by atoms with van der Waals surface area (Å²) in [6.07, 6.45) is 1.24. The molecule has 0 bridgehead atoms. The Balaban J connectivity index is 2.20. The summed E-state index contributed by atoms with van der Waals surface area (Å²) in [6.45, 7) is 6.61. The molecule has 1 aliphatic rings. The third-order valence-electron chi connectivity index (χ3n) is 3.44. The van der Waals surface area contributed by atoms with Gasteiger partial charge in [-0.25, -0.2) is 0 Å². The van der Waals surface area contributed by atoms with Gasteiger partial charge in [0.15, 0.2) is 0 Å². The standard InChI is InChI=1S/C13H18ClNO/c1-9-5-6-15(8-9)10(2)12-7-11(14)3-4-13(12)16/h3-4,7,9-10,16H,5-6,8H2,1-2H3. The second-order valence-electron chi connectivity index (χ2n) is 4.77. The van der Waals surface area contributed by atoms with Crippen molar-refractivity contribution in [3.8, 4) is 5.75 Å².